The molecule has 1 N–H and O–H groups in total. The van der Waals surface area contributed by atoms with E-state index in [1.807, 2.05) is 0 Å². The Balaban J connectivity index is 3.23. The van der Waals surface area contributed by atoms with Gasteiger partial charge in [-0.15, -0.1) is 4.73 Å². The van der Waals surface area contributed by atoms with Crippen molar-refractivity contribution >= 4 is 12.2 Å². The molecular formula is C4H7N3OS. The third-order valence-corrected chi connectivity index (χ3v) is 1.23. The number of nitrogens with zero attached hydrogens (tertiary/aromatic N) is 2. The highest BCUT2D eigenvalue weighted by Gasteiger charge is 1.96. The second-order valence-corrected chi connectivity index (χ2v) is 1.94. The van der Waals surface area contributed by atoms with E-state index in [1.165, 1.54) is 4.73 Å². The molecule has 5 heteroatoms. The molecule has 9 heavy (non-hydrogen) atoms. The SMILES string of the molecule is COn1c(C)n[nH]c1=S. The van der Waals surface area contributed by atoms with E-state index in [0.29, 0.717) is 4.77 Å². The summed E-state index contributed by atoms with van der Waals surface area (Å²) in [5.41, 5.74) is 0. The molecule has 50 valence electrons. The number of aromatic amines is 1. The fourth-order valence-corrected chi connectivity index (χ4v) is 0.834. The van der Waals surface area contributed by atoms with Crippen LogP contribution in [0.2, 0.25) is 0 Å². The average Bonchev–Trinajstić information content (AvgIpc) is 2.12. The number of H-pyrrole nitrogens is 1. The Labute approximate surface area is 57.4 Å². The lowest BCUT2D eigenvalue weighted by molar-refractivity contribution is 0.156. The molecular weight excluding hydrogens is 138 g/mol. The van der Waals surface area contributed by atoms with Gasteiger partial charge in [0.25, 0.3) is 0 Å². The quantitative estimate of drug-likeness (QED) is 0.578. The van der Waals surface area contributed by atoms with Gasteiger partial charge in [-0.1, -0.05) is 0 Å². The number of rotatable bonds is 1. The van der Waals surface area contributed by atoms with E-state index in [4.69, 9.17) is 17.1 Å². The van der Waals surface area contributed by atoms with Crippen molar-refractivity contribution < 1.29 is 4.84 Å². The molecule has 0 amide bonds. The Morgan fingerprint density at radius 3 is 2.67 bits per heavy atom. The van der Waals surface area contributed by atoms with Gasteiger partial charge in [-0.2, -0.15) is 5.10 Å². The molecule has 0 aliphatic heterocycles. The molecule has 0 saturated carbocycles. The monoisotopic (exact) mass is 145 g/mol. The highest BCUT2D eigenvalue weighted by atomic mass is 32.1. The van der Waals surface area contributed by atoms with Crippen LogP contribution in [0.3, 0.4) is 0 Å². The molecule has 0 fully saturated rings. The maximum Gasteiger partial charge on any atom is 0.230 e. The van der Waals surface area contributed by atoms with Crippen molar-refractivity contribution in [1.29, 1.82) is 0 Å². The fourth-order valence-electron chi connectivity index (χ4n) is 0.582. The molecule has 0 atom stereocenters. The van der Waals surface area contributed by atoms with Crippen LogP contribution in [-0.2, 0) is 0 Å². The number of hydrogen-bond acceptors (Lipinski definition) is 3. The first-order valence-corrected chi connectivity index (χ1v) is 2.85. The molecule has 4 nitrogen and oxygen atoms in total. The number of hydrogen-bond donors (Lipinski definition) is 1. The molecule has 0 bridgehead atoms. The van der Waals surface area contributed by atoms with Crippen LogP contribution >= 0.6 is 12.2 Å². The minimum Gasteiger partial charge on any atom is -0.413 e. The molecule has 1 rings (SSSR count). The van der Waals surface area contributed by atoms with Gasteiger partial charge in [0.15, 0.2) is 5.82 Å². The van der Waals surface area contributed by atoms with Crippen LogP contribution < -0.4 is 4.84 Å². The maximum absolute atomic E-state index is 4.83. The number of aromatic nitrogens is 3. The van der Waals surface area contributed by atoms with Crippen molar-refractivity contribution in [1.82, 2.24) is 14.9 Å². The molecule has 0 saturated heterocycles. The van der Waals surface area contributed by atoms with Crippen LogP contribution in [0.5, 0.6) is 0 Å². The van der Waals surface area contributed by atoms with Gasteiger partial charge in [0, 0.05) is 0 Å². The van der Waals surface area contributed by atoms with E-state index < -0.39 is 0 Å². The standard InChI is InChI=1S/C4H7N3OS/c1-3-5-6-4(9)7(3)8-2/h1-2H3,(H,6,9). The normalized spacial score (nSPS) is 9.56. The van der Waals surface area contributed by atoms with Crippen LogP contribution in [0.4, 0.5) is 0 Å². The fraction of sp³-hybridized carbons (Fsp3) is 0.500. The van der Waals surface area contributed by atoms with E-state index in [-0.39, 0.29) is 0 Å². The molecule has 1 aromatic rings. The lowest BCUT2D eigenvalue weighted by atomic mass is 10.7. The second-order valence-electron chi connectivity index (χ2n) is 1.55. The van der Waals surface area contributed by atoms with Gasteiger partial charge in [-0.05, 0) is 19.1 Å². The van der Waals surface area contributed by atoms with Crippen LogP contribution in [-0.4, -0.2) is 22.0 Å². The smallest absolute Gasteiger partial charge is 0.230 e. The van der Waals surface area contributed by atoms with Crippen LogP contribution in [0.1, 0.15) is 5.82 Å². The van der Waals surface area contributed by atoms with Gasteiger partial charge in [0.05, 0.1) is 0 Å². The Bertz CT molecular complexity index is 251. The van der Waals surface area contributed by atoms with Crippen molar-refractivity contribution in [3.63, 3.8) is 0 Å². The zero-order valence-electron chi connectivity index (χ0n) is 5.21. The first-order valence-electron chi connectivity index (χ1n) is 2.44. The molecule has 1 heterocycles. The Kier molecular flexibility index (Phi) is 1.52. The van der Waals surface area contributed by atoms with Gasteiger partial charge in [0.2, 0.25) is 4.77 Å². The van der Waals surface area contributed by atoms with E-state index >= 15 is 0 Å². The van der Waals surface area contributed by atoms with E-state index in [2.05, 4.69) is 10.2 Å². The highest BCUT2D eigenvalue weighted by Crippen LogP contribution is 1.89. The largest absolute Gasteiger partial charge is 0.413 e. The van der Waals surface area contributed by atoms with Crippen molar-refractivity contribution in [3.8, 4) is 0 Å². The average molecular weight is 145 g/mol. The van der Waals surface area contributed by atoms with Gasteiger partial charge >= 0.3 is 0 Å². The summed E-state index contributed by atoms with van der Waals surface area (Å²) in [6.45, 7) is 1.80. The third-order valence-electron chi connectivity index (χ3n) is 0.974. The first-order chi connectivity index (χ1) is 4.25. The van der Waals surface area contributed by atoms with E-state index in [9.17, 15) is 0 Å². The van der Waals surface area contributed by atoms with Gasteiger partial charge in [-0.25, -0.2) is 5.10 Å². The molecule has 0 spiro atoms. The Morgan fingerprint density at radius 1 is 1.78 bits per heavy atom. The Hall–Kier alpha value is -0.840. The minimum atomic E-state index is 0.481. The Morgan fingerprint density at radius 2 is 2.44 bits per heavy atom. The predicted octanol–water partition coefficient (Wildman–Crippen LogP) is 0.308. The highest BCUT2D eigenvalue weighted by molar-refractivity contribution is 7.71. The van der Waals surface area contributed by atoms with Crippen molar-refractivity contribution in [3.05, 3.63) is 10.6 Å². The van der Waals surface area contributed by atoms with Crippen LogP contribution in [0.25, 0.3) is 0 Å². The molecule has 0 aliphatic carbocycles. The summed E-state index contributed by atoms with van der Waals surface area (Å²) in [6, 6.07) is 0. The van der Waals surface area contributed by atoms with E-state index in [1.54, 1.807) is 14.0 Å². The number of aryl methyl sites for hydroxylation is 1. The van der Waals surface area contributed by atoms with E-state index in [0.717, 1.165) is 5.82 Å². The van der Waals surface area contributed by atoms with Crippen LogP contribution in [0.15, 0.2) is 0 Å². The summed E-state index contributed by atoms with van der Waals surface area (Å²) < 4.78 is 1.92. The molecule has 0 aliphatic rings. The molecule has 1 aromatic heterocycles. The lowest BCUT2D eigenvalue weighted by Crippen LogP contribution is -2.07. The predicted molar refractivity (Wildman–Crippen MR) is 34.7 cm³/mol. The van der Waals surface area contributed by atoms with Gasteiger partial charge in [0.1, 0.15) is 7.11 Å². The first kappa shape index (κ1) is 6.28. The summed E-state index contributed by atoms with van der Waals surface area (Å²) in [5, 5.41) is 6.39. The summed E-state index contributed by atoms with van der Waals surface area (Å²) >= 11 is 4.79. The summed E-state index contributed by atoms with van der Waals surface area (Å²) in [6.07, 6.45) is 0. The minimum absolute atomic E-state index is 0.481. The molecule has 0 unspecified atom stereocenters. The zero-order chi connectivity index (χ0) is 6.85. The maximum atomic E-state index is 4.83. The molecule has 0 radical (unpaired) electrons. The summed E-state index contributed by atoms with van der Waals surface area (Å²) in [7, 11) is 1.54. The molecule has 0 aromatic carbocycles. The van der Waals surface area contributed by atoms with Crippen molar-refractivity contribution in [2.24, 2.45) is 0 Å². The van der Waals surface area contributed by atoms with Gasteiger partial charge < -0.3 is 4.84 Å². The van der Waals surface area contributed by atoms with Gasteiger partial charge in [-0.3, -0.25) is 0 Å². The lowest BCUT2D eigenvalue weighted by Gasteiger charge is -1.96. The topological polar surface area (TPSA) is 42.8 Å². The zero-order valence-corrected chi connectivity index (χ0v) is 6.03. The van der Waals surface area contributed by atoms with Crippen molar-refractivity contribution in [2.75, 3.05) is 7.11 Å². The summed E-state index contributed by atoms with van der Waals surface area (Å²) in [4.78, 5) is 4.83. The summed E-state index contributed by atoms with van der Waals surface area (Å²) in [5.74, 6) is 0.725. The number of nitrogens with one attached hydrogen (secondary N) is 1. The second kappa shape index (κ2) is 2.18. The third kappa shape index (κ3) is 0.951. The van der Waals surface area contributed by atoms with Crippen LogP contribution in [0, 0.1) is 11.7 Å². The van der Waals surface area contributed by atoms with Crippen molar-refractivity contribution in [2.45, 2.75) is 6.92 Å².